The molecule has 20 heavy (non-hydrogen) atoms. The van der Waals surface area contributed by atoms with Gasteiger partial charge in [-0.25, -0.2) is 4.39 Å². The molecule has 4 heteroatoms. The average Bonchev–Trinajstić information content (AvgIpc) is 2.46. The molecule has 0 amide bonds. The molecule has 0 spiro atoms. The van der Waals surface area contributed by atoms with Gasteiger partial charge in [0.2, 0.25) is 0 Å². The number of carbonyl (C=O) groups is 1. The summed E-state index contributed by atoms with van der Waals surface area (Å²) in [6, 6.07) is 11.7. The molecule has 0 atom stereocenters. The number of benzene rings is 2. The van der Waals surface area contributed by atoms with Gasteiger partial charge in [0.05, 0.1) is 7.11 Å². The van der Waals surface area contributed by atoms with Gasteiger partial charge in [0.1, 0.15) is 0 Å². The van der Waals surface area contributed by atoms with Gasteiger partial charge in [-0.1, -0.05) is 34.1 Å². The summed E-state index contributed by atoms with van der Waals surface area (Å²) in [7, 11) is 1.38. The van der Waals surface area contributed by atoms with Crippen LogP contribution < -0.4 is 4.74 Å². The lowest BCUT2D eigenvalue weighted by Crippen LogP contribution is -1.96. The number of allylic oxidation sites excluding steroid dienone is 1. The summed E-state index contributed by atoms with van der Waals surface area (Å²) in [6.45, 7) is 0. The van der Waals surface area contributed by atoms with Gasteiger partial charge in [-0.3, -0.25) is 4.79 Å². The average molecular weight is 335 g/mol. The molecular formula is C16H12BrFO2. The Kier molecular flexibility index (Phi) is 4.69. The molecule has 0 aromatic heterocycles. The summed E-state index contributed by atoms with van der Waals surface area (Å²) in [5.74, 6) is -0.677. The molecule has 2 aromatic carbocycles. The maximum absolute atomic E-state index is 13.5. The summed E-state index contributed by atoms with van der Waals surface area (Å²) in [5.41, 5.74) is 1.19. The zero-order valence-electron chi connectivity index (χ0n) is 10.8. The number of hydrogen-bond donors (Lipinski definition) is 0. The molecule has 2 nitrogen and oxygen atoms in total. The van der Waals surface area contributed by atoms with E-state index in [1.54, 1.807) is 6.08 Å². The fourth-order valence-electron chi connectivity index (χ4n) is 1.66. The molecule has 0 aliphatic rings. The number of ketones is 1. The molecular weight excluding hydrogens is 323 g/mol. The van der Waals surface area contributed by atoms with Crippen molar-refractivity contribution in [3.05, 3.63) is 70.0 Å². The lowest BCUT2D eigenvalue weighted by Gasteiger charge is -2.02. The van der Waals surface area contributed by atoms with Crippen LogP contribution in [0.4, 0.5) is 4.39 Å². The molecule has 0 fully saturated rings. The van der Waals surface area contributed by atoms with E-state index in [2.05, 4.69) is 15.9 Å². The van der Waals surface area contributed by atoms with E-state index in [9.17, 15) is 9.18 Å². The largest absolute Gasteiger partial charge is 0.494 e. The first-order chi connectivity index (χ1) is 9.60. The van der Waals surface area contributed by atoms with Gasteiger partial charge < -0.3 is 4.74 Å². The van der Waals surface area contributed by atoms with Crippen LogP contribution in [0.2, 0.25) is 0 Å². The van der Waals surface area contributed by atoms with E-state index in [1.807, 2.05) is 24.3 Å². The Morgan fingerprint density at radius 2 is 1.90 bits per heavy atom. The zero-order chi connectivity index (χ0) is 14.5. The summed E-state index contributed by atoms with van der Waals surface area (Å²) < 4.78 is 19.3. The number of halogens is 2. The third kappa shape index (κ3) is 3.54. The molecule has 2 aromatic rings. The predicted molar refractivity (Wildman–Crippen MR) is 80.5 cm³/mol. The number of ether oxygens (including phenoxy) is 1. The van der Waals surface area contributed by atoms with Crippen LogP contribution in [0.5, 0.6) is 5.75 Å². The van der Waals surface area contributed by atoms with Crippen molar-refractivity contribution in [1.82, 2.24) is 0 Å². The standard InChI is InChI=1S/C16H12BrFO2/c1-20-16-9-5-12(10-14(16)18)15(19)8-4-11-2-6-13(17)7-3-11/h2-10H,1H3. The van der Waals surface area contributed by atoms with Gasteiger partial charge >= 0.3 is 0 Å². The van der Waals surface area contributed by atoms with Gasteiger partial charge in [0.15, 0.2) is 17.3 Å². The Morgan fingerprint density at radius 1 is 1.20 bits per heavy atom. The summed E-state index contributed by atoms with van der Waals surface area (Å²) in [5, 5.41) is 0. The van der Waals surface area contributed by atoms with Crippen molar-refractivity contribution in [2.75, 3.05) is 7.11 Å². The maximum Gasteiger partial charge on any atom is 0.185 e. The minimum Gasteiger partial charge on any atom is -0.494 e. The van der Waals surface area contributed by atoms with Crippen molar-refractivity contribution in [2.24, 2.45) is 0 Å². The molecule has 0 radical (unpaired) electrons. The number of carbonyl (C=O) groups excluding carboxylic acids is 1. The lowest BCUT2D eigenvalue weighted by atomic mass is 10.1. The number of hydrogen-bond acceptors (Lipinski definition) is 2. The van der Waals surface area contributed by atoms with Gasteiger partial charge in [-0.15, -0.1) is 0 Å². The van der Waals surface area contributed by atoms with Gasteiger partial charge in [-0.2, -0.15) is 0 Å². The SMILES string of the molecule is COc1ccc(C(=O)C=Cc2ccc(Br)cc2)cc1F. The van der Waals surface area contributed by atoms with E-state index in [1.165, 1.54) is 31.4 Å². The molecule has 0 aliphatic heterocycles. The molecule has 0 unspecified atom stereocenters. The predicted octanol–water partition coefficient (Wildman–Crippen LogP) is 4.49. The van der Waals surface area contributed by atoms with Gasteiger partial charge in [-0.05, 0) is 42.0 Å². The Labute approximate surface area is 125 Å². The molecule has 0 bridgehead atoms. The minimum atomic E-state index is -0.546. The van der Waals surface area contributed by atoms with E-state index in [0.717, 1.165) is 10.0 Å². The van der Waals surface area contributed by atoms with Crippen LogP contribution in [0.15, 0.2) is 53.0 Å². The highest BCUT2D eigenvalue weighted by molar-refractivity contribution is 9.10. The molecule has 2 rings (SSSR count). The topological polar surface area (TPSA) is 26.3 Å². The molecule has 0 aliphatic carbocycles. The maximum atomic E-state index is 13.5. The highest BCUT2D eigenvalue weighted by atomic mass is 79.9. The van der Waals surface area contributed by atoms with Crippen molar-refractivity contribution in [3.63, 3.8) is 0 Å². The first-order valence-corrected chi connectivity index (χ1v) is 6.71. The van der Waals surface area contributed by atoms with Crippen molar-refractivity contribution >= 4 is 27.8 Å². The molecule has 0 saturated carbocycles. The second kappa shape index (κ2) is 6.48. The highest BCUT2D eigenvalue weighted by Crippen LogP contribution is 2.18. The Morgan fingerprint density at radius 3 is 2.50 bits per heavy atom. The Bertz CT molecular complexity index is 648. The van der Waals surface area contributed by atoms with E-state index in [4.69, 9.17) is 4.74 Å². The van der Waals surface area contributed by atoms with Crippen LogP contribution >= 0.6 is 15.9 Å². The quantitative estimate of drug-likeness (QED) is 0.608. The second-order valence-electron chi connectivity index (χ2n) is 4.10. The summed E-state index contributed by atoms with van der Waals surface area (Å²) in [4.78, 5) is 11.9. The first-order valence-electron chi connectivity index (χ1n) is 5.91. The molecule has 0 saturated heterocycles. The smallest absolute Gasteiger partial charge is 0.185 e. The molecule has 102 valence electrons. The van der Waals surface area contributed by atoms with Crippen molar-refractivity contribution in [2.45, 2.75) is 0 Å². The van der Waals surface area contributed by atoms with Crippen LogP contribution in [0, 0.1) is 5.82 Å². The fourth-order valence-corrected chi connectivity index (χ4v) is 1.93. The van der Waals surface area contributed by atoms with Crippen LogP contribution in [-0.2, 0) is 0 Å². The summed E-state index contributed by atoms with van der Waals surface area (Å²) >= 11 is 3.34. The van der Waals surface area contributed by atoms with Crippen molar-refractivity contribution in [1.29, 1.82) is 0 Å². The molecule has 0 N–H and O–H groups in total. The third-order valence-corrected chi connectivity index (χ3v) is 3.26. The summed E-state index contributed by atoms with van der Waals surface area (Å²) in [6.07, 6.45) is 3.11. The Balaban J connectivity index is 2.15. The third-order valence-electron chi connectivity index (χ3n) is 2.73. The second-order valence-corrected chi connectivity index (χ2v) is 5.01. The normalized spacial score (nSPS) is 10.8. The van der Waals surface area contributed by atoms with Gasteiger partial charge in [0.25, 0.3) is 0 Å². The van der Waals surface area contributed by atoms with E-state index < -0.39 is 5.82 Å². The van der Waals surface area contributed by atoms with Crippen molar-refractivity contribution in [3.8, 4) is 5.75 Å². The van der Waals surface area contributed by atoms with E-state index in [-0.39, 0.29) is 17.1 Å². The van der Waals surface area contributed by atoms with E-state index in [0.29, 0.717) is 0 Å². The van der Waals surface area contributed by atoms with Gasteiger partial charge in [0, 0.05) is 10.0 Å². The van der Waals surface area contributed by atoms with E-state index >= 15 is 0 Å². The highest BCUT2D eigenvalue weighted by Gasteiger charge is 2.07. The number of rotatable bonds is 4. The fraction of sp³-hybridized carbons (Fsp3) is 0.0625. The first kappa shape index (κ1) is 14.5. The van der Waals surface area contributed by atoms with Crippen molar-refractivity contribution < 1.29 is 13.9 Å². The monoisotopic (exact) mass is 334 g/mol. The molecule has 0 heterocycles. The van der Waals surface area contributed by atoms with Crippen LogP contribution in [0.1, 0.15) is 15.9 Å². The van der Waals surface area contributed by atoms with Crippen LogP contribution in [0.3, 0.4) is 0 Å². The van der Waals surface area contributed by atoms with Crippen LogP contribution in [0.25, 0.3) is 6.08 Å². The number of methoxy groups -OCH3 is 1. The zero-order valence-corrected chi connectivity index (χ0v) is 12.4. The van der Waals surface area contributed by atoms with Crippen LogP contribution in [-0.4, -0.2) is 12.9 Å². The Hall–Kier alpha value is -1.94. The minimum absolute atomic E-state index is 0.124. The lowest BCUT2D eigenvalue weighted by molar-refractivity contribution is 0.104.